The van der Waals surface area contributed by atoms with E-state index in [0.717, 1.165) is 22.3 Å². The molecule has 0 aliphatic heterocycles. The van der Waals surface area contributed by atoms with E-state index in [1.807, 2.05) is 37.3 Å². The smallest absolute Gasteiger partial charge is 0.303 e. The Morgan fingerprint density at radius 2 is 1.81 bits per heavy atom. The zero-order valence-corrected chi connectivity index (χ0v) is 19.2. The fourth-order valence-corrected chi connectivity index (χ4v) is 4.63. The number of pyridine rings is 1. The fraction of sp³-hybridized carbons (Fsp3) is 0.250. The van der Waals surface area contributed by atoms with Gasteiger partial charge in [-0.3, -0.25) is 9.78 Å². The van der Waals surface area contributed by atoms with Crippen molar-refractivity contribution in [3.05, 3.63) is 94.3 Å². The molecule has 1 atom stereocenters. The van der Waals surface area contributed by atoms with E-state index in [1.54, 1.807) is 12.4 Å². The van der Waals surface area contributed by atoms with E-state index in [2.05, 4.69) is 9.71 Å². The van der Waals surface area contributed by atoms with E-state index in [-0.39, 0.29) is 23.8 Å². The SMILES string of the molecule is CC(CC(=O)O)c1cc(CCNS(=O)(=O)c2ccc(Cl)cc2)cc(Cc2cccnc2)c1. The van der Waals surface area contributed by atoms with Crippen LogP contribution in [0, 0.1) is 0 Å². The minimum Gasteiger partial charge on any atom is -0.481 e. The van der Waals surface area contributed by atoms with Gasteiger partial charge in [-0.25, -0.2) is 13.1 Å². The van der Waals surface area contributed by atoms with Gasteiger partial charge in [0.2, 0.25) is 10.0 Å². The van der Waals surface area contributed by atoms with Crippen LogP contribution in [0.5, 0.6) is 0 Å². The van der Waals surface area contributed by atoms with Crippen LogP contribution in [0.15, 0.2) is 71.9 Å². The molecule has 0 bridgehead atoms. The van der Waals surface area contributed by atoms with Crippen molar-refractivity contribution in [2.45, 2.75) is 37.0 Å². The van der Waals surface area contributed by atoms with Gasteiger partial charge in [0.15, 0.2) is 0 Å². The second-order valence-corrected chi connectivity index (χ2v) is 9.92. The predicted octanol–water partition coefficient (Wildman–Crippen LogP) is 4.43. The van der Waals surface area contributed by atoms with Crippen LogP contribution >= 0.6 is 11.6 Å². The number of benzene rings is 2. The Hall–Kier alpha value is -2.74. The summed E-state index contributed by atoms with van der Waals surface area (Å²) in [6.45, 7) is 2.10. The second-order valence-electron chi connectivity index (χ2n) is 7.72. The van der Waals surface area contributed by atoms with E-state index in [1.165, 1.54) is 24.3 Å². The van der Waals surface area contributed by atoms with Gasteiger partial charge < -0.3 is 5.11 Å². The number of nitrogens with zero attached hydrogens (tertiary/aromatic N) is 1. The van der Waals surface area contributed by atoms with Crippen LogP contribution in [0.4, 0.5) is 0 Å². The monoisotopic (exact) mass is 472 g/mol. The number of hydrogen-bond acceptors (Lipinski definition) is 4. The van der Waals surface area contributed by atoms with Gasteiger partial charge in [-0.15, -0.1) is 0 Å². The van der Waals surface area contributed by atoms with Gasteiger partial charge >= 0.3 is 5.97 Å². The molecule has 8 heteroatoms. The van der Waals surface area contributed by atoms with Crippen molar-refractivity contribution >= 4 is 27.6 Å². The predicted molar refractivity (Wildman–Crippen MR) is 124 cm³/mol. The maximum absolute atomic E-state index is 12.5. The Labute approximate surface area is 193 Å². The summed E-state index contributed by atoms with van der Waals surface area (Å²) in [5, 5.41) is 9.65. The molecule has 168 valence electrons. The van der Waals surface area contributed by atoms with Gasteiger partial charge in [-0.1, -0.05) is 42.8 Å². The summed E-state index contributed by atoms with van der Waals surface area (Å²) in [4.78, 5) is 15.5. The molecule has 0 radical (unpaired) electrons. The molecule has 2 N–H and O–H groups in total. The highest BCUT2D eigenvalue weighted by Gasteiger charge is 2.15. The number of carboxylic acid groups (broad SMARTS) is 1. The van der Waals surface area contributed by atoms with Crippen LogP contribution in [0.3, 0.4) is 0 Å². The number of hydrogen-bond donors (Lipinski definition) is 2. The van der Waals surface area contributed by atoms with Crippen LogP contribution in [-0.4, -0.2) is 31.0 Å². The standard InChI is InChI=1S/C24H25ClN2O4S/c1-17(11-24(28)29)21-14-18(12-20(15-21)13-19-3-2-9-26-16-19)8-10-27-32(30,31)23-6-4-22(25)5-7-23/h2-7,9,12,14-17,27H,8,10-11,13H2,1H3,(H,28,29). The Morgan fingerprint density at radius 3 is 2.47 bits per heavy atom. The lowest BCUT2D eigenvalue weighted by molar-refractivity contribution is -0.137. The molecule has 0 aliphatic rings. The van der Waals surface area contributed by atoms with Gasteiger partial charge in [-0.2, -0.15) is 0 Å². The molecule has 1 heterocycles. The maximum atomic E-state index is 12.5. The highest BCUT2D eigenvalue weighted by molar-refractivity contribution is 7.89. The normalized spacial score (nSPS) is 12.4. The third-order valence-corrected chi connectivity index (χ3v) is 6.81. The lowest BCUT2D eigenvalue weighted by Crippen LogP contribution is -2.26. The molecule has 0 aliphatic carbocycles. The highest BCUT2D eigenvalue weighted by Crippen LogP contribution is 2.24. The van der Waals surface area contributed by atoms with Gasteiger partial charge in [0, 0.05) is 24.0 Å². The number of sulfonamides is 1. The van der Waals surface area contributed by atoms with Crippen molar-refractivity contribution in [3.8, 4) is 0 Å². The molecule has 0 saturated carbocycles. The quantitative estimate of drug-likeness (QED) is 0.455. The molecule has 1 aromatic heterocycles. The number of aromatic nitrogens is 1. The summed E-state index contributed by atoms with van der Waals surface area (Å²) in [6, 6.07) is 15.9. The molecule has 1 unspecified atom stereocenters. The average molecular weight is 473 g/mol. The Balaban J connectivity index is 1.77. The van der Waals surface area contributed by atoms with Crippen molar-refractivity contribution in [1.82, 2.24) is 9.71 Å². The maximum Gasteiger partial charge on any atom is 0.303 e. The van der Waals surface area contributed by atoms with E-state index in [4.69, 9.17) is 11.6 Å². The van der Waals surface area contributed by atoms with E-state index in [0.29, 0.717) is 17.9 Å². The lowest BCUT2D eigenvalue weighted by atomic mass is 9.91. The number of rotatable bonds is 10. The van der Waals surface area contributed by atoms with Gasteiger partial charge in [0.1, 0.15) is 0 Å². The molecule has 3 rings (SSSR count). The van der Waals surface area contributed by atoms with Crippen LogP contribution < -0.4 is 4.72 Å². The van der Waals surface area contributed by atoms with E-state index in [9.17, 15) is 18.3 Å². The van der Waals surface area contributed by atoms with Gasteiger partial charge in [-0.05, 0) is 71.3 Å². The van der Waals surface area contributed by atoms with Crippen LogP contribution in [0.2, 0.25) is 5.02 Å². The number of aliphatic carboxylic acids is 1. The van der Waals surface area contributed by atoms with Gasteiger partial charge in [0.05, 0.1) is 11.3 Å². The fourth-order valence-electron chi connectivity index (χ4n) is 3.47. The van der Waals surface area contributed by atoms with Crippen LogP contribution in [-0.2, 0) is 27.7 Å². The molecule has 0 saturated heterocycles. The van der Waals surface area contributed by atoms with Crippen molar-refractivity contribution in [1.29, 1.82) is 0 Å². The second kappa shape index (κ2) is 10.7. The number of carboxylic acids is 1. The molecule has 0 fully saturated rings. The van der Waals surface area contributed by atoms with Crippen LogP contribution in [0.25, 0.3) is 0 Å². The minimum absolute atomic E-state index is 0.0268. The third-order valence-electron chi connectivity index (χ3n) is 5.09. The lowest BCUT2D eigenvalue weighted by Gasteiger charge is -2.15. The van der Waals surface area contributed by atoms with Crippen molar-refractivity contribution in [2.75, 3.05) is 6.54 Å². The highest BCUT2D eigenvalue weighted by atomic mass is 35.5. The first-order chi connectivity index (χ1) is 15.2. The first-order valence-electron chi connectivity index (χ1n) is 10.2. The molecule has 3 aromatic rings. The summed E-state index contributed by atoms with van der Waals surface area (Å²) >= 11 is 5.83. The zero-order valence-electron chi connectivity index (χ0n) is 17.7. The molecule has 2 aromatic carbocycles. The third kappa shape index (κ3) is 6.88. The van der Waals surface area contributed by atoms with Crippen molar-refractivity contribution in [2.24, 2.45) is 0 Å². The number of carbonyl (C=O) groups is 1. The van der Waals surface area contributed by atoms with Crippen molar-refractivity contribution in [3.63, 3.8) is 0 Å². The topological polar surface area (TPSA) is 96.4 Å². The first-order valence-corrected chi connectivity index (χ1v) is 12.1. The minimum atomic E-state index is -3.64. The molecule has 32 heavy (non-hydrogen) atoms. The summed E-state index contributed by atoms with van der Waals surface area (Å²) in [7, 11) is -3.64. The summed E-state index contributed by atoms with van der Waals surface area (Å²) in [5.41, 5.74) is 3.94. The summed E-state index contributed by atoms with van der Waals surface area (Å²) < 4.78 is 27.6. The van der Waals surface area contributed by atoms with E-state index >= 15 is 0 Å². The molecular formula is C24H25ClN2O4S. The number of halogens is 1. The summed E-state index contributed by atoms with van der Waals surface area (Å²) in [5.74, 6) is -1.02. The van der Waals surface area contributed by atoms with Gasteiger partial charge in [0.25, 0.3) is 0 Å². The largest absolute Gasteiger partial charge is 0.481 e. The molecule has 0 amide bonds. The summed E-state index contributed by atoms with van der Waals surface area (Å²) in [6.07, 6.45) is 4.67. The van der Waals surface area contributed by atoms with Crippen LogP contribution in [0.1, 0.15) is 41.5 Å². The Kier molecular flexibility index (Phi) is 8.01. The Morgan fingerprint density at radius 1 is 1.09 bits per heavy atom. The Bertz CT molecular complexity index is 1170. The first kappa shape index (κ1) is 23.9. The number of nitrogens with one attached hydrogen (secondary N) is 1. The van der Waals surface area contributed by atoms with E-state index < -0.39 is 16.0 Å². The average Bonchev–Trinajstić information content (AvgIpc) is 2.74. The van der Waals surface area contributed by atoms with Crippen molar-refractivity contribution < 1.29 is 18.3 Å². The molecular weight excluding hydrogens is 448 g/mol. The zero-order chi connectivity index (χ0) is 23.1. The molecule has 6 nitrogen and oxygen atoms in total. The molecule has 0 spiro atoms.